The van der Waals surface area contributed by atoms with Crippen LogP contribution >= 0.6 is 11.6 Å². The van der Waals surface area contributed by atoms with Crippen LogP contribution in [0.25, 0.3) is 5.69 Å². The lowest BCUT2D eigenvalue weighted by Gasteiger charge is -2.33. The number of piperidine rings is 1. The molecule has 3 aromatic rings. The van der Waals surface area contributed by atoms with E-state index in [-0.39, 0.29) is 16.6 Å². The molecule has 1 aliphatic heterocycles. The number of carbonyl (C=O) groups is 1. The minimum absolute atomic E-state index is 0.0356. The second kappa shape index (κ2) is 10.7. The predicted octanol–water partition coefficient (Wildman–Crippen LogP) is 3.76. The summed E-state index contributed by atoms with van der Waals surface area (Å²) in [6, 6.07) is 14.9. The van der Waals surface area contributed by atoms with E-state index < -0.39 is 11.5 Å². The van der Waals surface area contributed by atoms with Gasteiger partial charge in [0, 0.05) is 25.7 Å². The third-order valence-electron chi connectivity index (χ3n) is 5.94. The smallest absolute Gasteiger partial charge is 0.340 e. The Morgan fingerprint density at radius 2 is 1.91 bits per heavy atom. The number of esters is 1. The Bertz CT molecular complexity index is 1220. The molecule has 1 fully saturated rings. The Hall–Kier alpha value is -3.36. The van der Waals surface area contributed by atoms with Gasteiger partial charge in [-0.3, -0.25) is 9.69 Å². The van der Waals surface area contributed by atoms with Gasteiger partial charge >= 0.3 is 5.97 Å². The highest BCUT2D eigenvalue weighted by molar-refractivity contribution is 6.33. The van der Waals surface area contributed by atoms with Gasteiger partial charge in [0.1, 0.15) is 10.8 Å². The standard InChI is InChI=1S/C25H27ClN4O4/c1-33-19-7-5-6-17(14-19)16-29-12-10-18(11-13-29)28-21-15-27-30(24(31)23(21)26)22-9-4-3-8-20(22)25(32)34-2/h3-9,14-15,18,28H,10-13,16H2,1-2H3. The molecule has 1 aliphatic rings. The lowest BCUT2D eigenvalue weighted by molar-refractivity contribution is 0.0600. The number of likely N-dealkylation sites (tertiary alicyclic amines) is 1. The predicted molar refractivity (Wildman–Crippen MR) is 131 cm³/mol. The van der Waals surface area contributed by atoms with Gasteiger partial charge in [-0.1, -0.05) is 35.9 Å². The van der Waals surface area contributed by atoms with E-state index in [2.05, 4.69) is 27.4 Å². The molecule has 0 unspecified atom stereocenters. The summed E-state index contributed by atoms with van der Waals surface area (Å²) in [6.07, 6.45) is 3.35. The Morgan fingerprint density at radius 1 is 1.15 bits per heavy atom. The van der Waals surface area contributed by atoms with Crippen molar-refractivity contribution in [3.8, 4) is 11.4 Å². The van der Waals surface area contributed by atoms with Crippen molar-refractivity contribution in [1.29, 1.82) is 0 Å². The van der Waals surface area contributed by atoms with Crippen LogP contribution in [0.15, 0.2) is 59.5 Å². The number of para-hydroxylation sites is 1. The van der Waals surface area contributed by atoms with Gasteiger partial charge in [-0.05, 0) is 42.7 Å². The number of carbonyl (C=O) groups excluding carboxylic acids is 1. The van der Waals surface area contributed by atoms with Crippen LogP contribution < -0.4 is 15.6 Å². The average Bonchev–Trinajstić information content (AvgIpc) is 2.88. The van der Waals surface area contributed by atoms with Crippen molar-refractivity contribution < 1.29 is 14.3 Å². The molecule has 1 aromatic heterocycles. The number of nitrogens with zero attached hydrogens (tertiary/aromatic N) is 3. The maximum absolute atomic E-state index is 13.0. The first-order valence-electron chi connectivity index (χ1n) is 11.1. The van der Waals surface area contributed by atoms with Crippen molar-refractivity contribution >= 4 is 23.3 Å². The first-order valence-corrected chi connectivity index (χ1v) is 11.5. The molecule has 34 heavy (non-hydrogen) atoms. The van der Waals surface area contributed by atoms with E-state index in [1.165, 1.54) is 18.9 Å². The van der Waals surface area contributed by atoms with Gasteiger partial charge in [-0.25, -0.2) is 4.79 Å². The summed E-state index contributed by atoms with van der Waals surface area (Å²) >= 11 is 6.42. The summed E-state index contributed by atoms with van der Waals surface area (Å²) in [5.41, 5.74) is 1.76. The quantitative estimate of drug-likeness (QED) is 0.513. The van der Waals surface area contributed by atoms with Crippen LogP contribution in [0.4, 0.5) is 5.69 Å². The molecule has 0 bridgehead atoms. The molecule has 2 aromatic carbocycles. The number of nitrogens with one attached hydrogen (secondary N) is 1. The van der Waals surface area contributed by atoms with Gasteiger partial charge in [0.25, 0.3) is 5.56 Å². The van der Waals surface area contributed by atoms with Crippen molar-refractivity contribution in [3.63, 3.8) is 0 Å². The van der Waals surface area contributed by atoms with Crippen LogP contribution in [-0.4, -0.2) is 54.0 Å². The number of rotatable bonds is 7. The van der Waals surface area contributed by atoms with Gasteiger partial charge in [-0.2, -0.15) is 9.78 Å². The monoisotopic (exact) mass is 482 g/mol. The van der Waals surface area contributed by atoms with E-state index in [0.717, 1.165) is 42.9 Å². The summed E-state index contributed by atoms with van der Waals surface area (Å²) in [6.45, 7) is 2.70. The molecule has 2 heterocycles. The molecule has 0 saturated carbocycles. The van der Waals surface area contributed by atoms with Crippen molar-refractivity contribution in [2.24, 2.45) is 0 Å². The average molecular weight is 483 g/mol. The lowest BCUT2D eigenvalue weighted by atomic mass is 10.0. The number of hydrogen-bond acceptors (Lipinski definition) is 7. The summed E-state index contributed by atoms with van der Waals surface area (Å²) < 4.78 is 11.2. The summed E-state index contributed by atoms with van der Waals surface area (Å²) in [5, 5.41) is 7.68. The number of ether oxygens (including phenoxy) is 2. The molecular formula is C25H27ClN4O4. The van der Waals surface area contributed by atoms with E-state index in [1.807, 2.05) is 12.1 Å². The Morgan fingerprint density at radius 3 is 2.65 bits per heavy atom. The molecule has 0 spiro atoms. The summed E-state index contributed by atoms with van der Waals surface area (Å²) in [4.78, 5) is 27.4. The number of methoxy groups -OCH3 is 2. The Labute approximate surface area is 203 Å². The topological polar surface area (TPSA) is 85.7 Å². The fourth-order valence-corrected chi connectivity index (χ4v) is 4.31. The molecule has 1 N–H and O–H groups in total. The second-order valence-electron chi connectivity index (χ2n) is 8.14. The van der Waals surface area contributed by atoms with Crippen molar-refractivity contribution in [2.75, 3.05) is 32.6 Å². The van der Waals surface area contributed by atoms with E-state index in [9.17, 15) is 9.59 Å². The van der Waals surface area contributed by atoms with Gasteiger partial charge in [0.05, 0.1) is 37.4 Å². The zero-order valence-electron chi connectivity index (χ0n) is 19.2. The van der Waals surface area contributed by atoms with E-state index in [1.54, 1.807) is 31.4 Å². The molecule has 0 radical (unpaired) electrons. The van der Waals surface area contributed by atoms with Gasteiger partial charge in [0.15, 0.2) is 0 Å². The third-order valence-corrected chi connectivity index (χ3v) is 6.31. The molecular weight excluding hydrogens is 456 g/mol. The van der Waals surface area contributed by atoms with Gasteiger partial charge in [0.2, 0.25) is 0 Å². The van der Waals surface area contributed by atoms with E-state index >= 15 is 0 Å². The van der Waals surface area contributed by atoms with Crippen LogP contribution in [0, 0.1) is 0 Å². The number of aromatic nitrogens is 2. The van der Waals surface area contributed by atoms with Crippen molar-refractivity contribution in [1.82, 2.24) is 14.7 Å². The minimum Gasteiger partial charge on any atom is -0.497 e. The fourth-order valence-electron chi connectivity index (χ4n) is 4.13. The zero-order chi connectivity index (χ0) is 24.1. The number of hydrogen-bond donors (Lipinski definition) is 1. The Balaban J connectivity index is 1.42. The summed E-state index contributed by atoms with van der Waals surface area (Å²) in [5.74, 6) is 0.309. The van der Waals surface area contributed by atoms with Crippen LogP contribution in [-0.2, 0) is 11.3 Å². The first kappa shape index (κ1) is 23.8. The largest absolute Gasteiger partial charge is 0.497 e. The third kappa shape index (κ3) is 5.24. The fraction of sp³-hybridized carbons (Fsp3) is 0.320. The summed E-state index contributed by atoms with van der Waals surface area (Å²) in [7, 11) is 2.96. The second-order valence-corrected chi connectivity index (χ2v) is 8.52. The molecule has 178 valence electrons. The van der Waals surface area contributed by atoms with Crippen molar-refractivity contribution in [3.05, 3.63) is 81.2 Å². The molecule has 0 atom stereocenters. The zero-order valence-corrected chi connectivity index (χ0v) is 19.9. The molecule has 9 heteroatoms. The molecule has 0 aliphatic carbocycles. The van der Waals surface area contributed by atoms with Crippen LogP contribution in [0.1, 0.15) is 28.8 Å². The normalized spacial score (nSPS) is 14.6. The van der Waals surface area contributed by atoms with E-state index in [4.69, 9.17) is 21.1 Å². The number of benzene rings is 2. The van der Waals surface area contributed by atoms with Crippen LogP contribution in [0.3, 0.4) is 0 Å². The highest BCUT2D eigenvalue weighted by atomic mass is 35.5. The van der Waals surface area contributed by atoms with Crippen LogP contribution in [0.2, 0.25) is 5.02 Å². The highest BCUT2D eigenvalue weighted by Gasteiger charge is 2.22. The van der Waals surface area contributed by atoms with Gasteiger partial charge in [-0.15, -0.1) is 0 Å². The molecule has 4 rings (SSSR count). The maximum atomic E-state index is 13.0. The van der Waals surface area contributed by atoms with Gasteiger partial charge < -0.3 is 14.8 Å². The first-order chi connectivity index (χ1) is 16.5. The van der Waals surface area contributed by atoms with E-state index in [0.29, 0.717) is 11.4 Å². The van der Waals surface area contributed by atoms with Crippen LogP contribution in [0.5, 0.6) is 5.75 Å². The Kier molecular flexibility index (Phi) is 7.49. The SMILES string of the molecule is COC(=O)c1ccccc1-n1ncc(NC2CCN(Cc3cccc(OC)c3)CC2)c(Cl)c1=O. The highest BCUT2D eigenvalue weighted by Crippen LogP contribution is 2.23. The number of halogens is 1. The maximum Gasteiger partial charge on any atom is 0.340 e. The molecule has 8 nitrogen and oxygen atoms in total. The molecule has 1 saturated heterocycles. The number of anilines is 1. The minimum atomic E-state index is -0.552. The lowest BCUT2D eigenvalue weighted by Crippen LogP contribution is -2.39. The van der Waals surface area contributed by atoms with Crippen molar-refractivity contribution in [2.45, 2.75) is 25.4 Å². The molecule has 0 amide bonds.